The van der Waals surface area contributed by atoms with Crippen LogP contribution in [0.15, 0.2) is 35.5 Å². The van der Waals surface area contributed by atoms with Crippen LogP contribution in [-0.4, -0.2) is 31.8 Å². The van der Waals surface area contributed by atoms with Crippen molar-refractivity contribution in [3.05, 3.63) is 46.6 Å². The predicted octanol–water partition coefficient (Wildman–Crippen LogP) is 2.14. The van der Waals surface area contributed by atoms with Crippen molar-refractivity contribution in [2.45, 2.75) is 52.7 Å². The number of aromatic hydroxyl groups is 1. The van der Waals surface area contributed by atoms with Crippen molar-refractivity contribution in [3.8, 4) is 5.75 Å². The smallest absolute Gasteiger partial charge is 0.311 e. The first-order chi connectivity index (χ1) is 14.3. The molecule has 5 rings (SSSR count). The van der Waals surface area contributed by atoms with E-state index in [2.05, 4.69) is 41.5 Å². The third-order valence-electron chi connectivity index (χ3n) is 7.25. The van der Waals surface area contributed by atoms with E-state index in [9.17, 15) is 14.7 Å². The van der Waals surface area contributed by atoms with Crippen LogP contribution in [0.25, 0.3) is 0 Å². The van der Waals surface area contributed by atoms with Gasteiger partial charge in [0.1, 0.15) is 12.2 Å². The lowest BCUT2D eigenvalue weighted by molar-refractivity contribution is -0.122. The maximum atomic E-state index is 12.5. The number of hydrogen-bond acceptors (Lipinski definition) is 6. The van der Waals surface area contributed by atoms with Crippen LogP contribution in [0, 0.1) is 23.2 Å². The van der Waals surface area contributed by atoms with Gasteiger partial charge in [0, 0.05) is 25.0 Å². The number of hydrogen-bond donors (Lipinski definition) is 3. The van der Waals surface area contributed by atoms with Gasteiger partial charge in [0.05, 0.1) is 6.20 Å². The average molecular weight is 412 g/mol. The van der Waals surface area contributed by atoms with Gasteiger partial charge in [0.2, 0.25) is 11.7 Å². The van der Waals surface area contributed by atoms with E-state index in [1.807, 2.05) is 0 Å². The summed E-state index contributed by atoms with van der Waals surface area (Å²) in [5.41, 5.74) is 0.937. The van der Waals surface area contributed by atoms with Gasteiger partial charge in [-0.25, -0.2) is 4.68 Å². The highest BCUT2D eigenvalue weighted by Crippen LogP contribution is 2.61. The maximum Gasteiger partial charge on any atom is 0.311 e. The minimum absolute atomic E-state index is 0.202. The summed E-state index contributed by atoms with van der Waals surface area (Å²) in [6.45, 7) is 6.98. The standard InChI is InChI=1S/C22H29N5O3/c1-13-16-8-15(22(16,2)3)9-17(13)26-18-11-25-27(21(30)20(18)29)12-19(28)24-10-14-4-6-23-7-5-14/h4-7,11,13,15-17,26,29H,8-10,12H2,1-3H3,(H,24,28)/t13-,15+,16-,17?/m1/s1. The lowest BCUT2D eigenvalue weighted by Gasteiger charge is -2.62. The summed E-state index contributed by atoms with van der Waals surface area (Å²) in [6, 6.07) is 3.80. The molecule has 0 aliphatic heterocycles. The average Bonchev–Trinajstić information content (AvgIpc) is 2.73. The van der Waals surface area contributed by atoms with Crippen molar-refractivity contribution in [2.75, 3.05) is 5.32 Å². The Labute approximate surface area is 175 Å². The van der Waals surface area contributed by atoms with Crippen LogP contribution >= 0.6 is 0 Å². The third-order valence-corrected chi connectivity index (χ3v) is 7.25. The Balaban J connectivity index is 1.39. The number of nitrogens with one attached hydrogen (secondary N) is 2. The molecule has 8 heteroatoms. The molecule has 2 heterocycles. The molecule has 2 aromatic heterocycles. The van der Waals surface area contributed by atoms with Gasteiger partial charge in [-0.05, 0) is 53.7 Å². The highest BCUT2D eigenvalue weighted by molar-refractivity contribution is 5.75. The Kier molecular flexibility index (Phi) is 5.26. The zero-order valence-corrected chi connectivity index (χ0v) is 17.6. The van der Waals surface area contributed by atoms with E-state index in [1.165, 1.54) is 12.6 Å². The second-order valence-corrected chi connectivity index (χ2v) is 9.21. The SMILES string of the molecule is C[C@H]1C(Nc2cnn(CC(=O)NCc3ccncc3)c(=O)c2O)C[C@@H]2C[C@H]1C2(C)C. The first-order valence-electron chi connectivity index (χ1n) is 10.5. The van der Waals surface area contributed by atoms with Crippen LogP contribution in [0.5, 0.6) is 5.75 Å². The fourth-order valence-corrected chi connectivity index (χ4v) is 5.13. The number of rotatable bonds is 6. The van der Waals surface area contributed by atoms with Gasteiger partial charge in [-0.1, -0.05) is 20.8 Å². The fourth-order valence-electron chi connectivity index (χ4n) is 5.13. The third kappa shape index (κ3) is 3.66. The first-order valence-corrected chi connectivity index (χ1v) is 10.5. The summed E-state index contributed by atoms with van der Waals surface area (Å²) >= 11 is 0. The quantitative estimate of drug-likeness (QED) is 0.672. The molecule has 3 fully saturated rings. The molecule has 3 saturated carbocycles. The number of anilines is 1. The first kappa shape index (κ1) is 20.4. The second-order valence-electron chi connectivity index (χ2n) is 9.21. The van der Waals surface area contributed by atoms with Gasteiger partial charge in [-0.2, -0.15) is 5.10 Å². The van der Waals surface area contributed by atoms with Crippen molar-refractivity contribution in [1.29, 1.82) is 0 Å². The maximum absolute atomic E-state index is 12.5. The van der Waals surface area contributed by atoms with Gasteiger partial charge in [-0.15, -0.1) is 0 Å². The largest absolute Gasteiger partial charge is 0.502 e. The zero-order valence-electron chi connectivity index (χ0n) is 17.6. The van der Waals surface area contributed by atoms with Gasteiger partial charge >= 0.3 is 5.56 Å². The monoisotopic (exact) mass is 411 g/mol. The Morgan fingerprint density at radius 2 is 2.03 bits per heavy atom. The molecule has 1 unspecified atom stereocenters. The highest BCUT2D eigenvalue weighted by Gasteiger charge is 2.56. The summed E-state index contributed by atoms with van der Waals surface area (Å²) in [7, 11) is 0. The highest BCUT2D eigenvalue weighted by atomic mass is 16.3. The van der Waals surface area contributed by atoms with Crippen LogP contribution in [0.4, 0.5) is 5.69 Å². The molecule has 2 aromatic rings. The van der Waals surface area contributed by atoms with Crippen molar-refractivity contribution >= 4 is 11.6 Å². The van der Waals surface area contributed by atoms with Gasteiger partial charge < -0.3 is 15.7 Å². The van der Waals surface area contributed by atoms with E-state index < -0.39 is 11.3 Å². The molecular formula is C22H29N5O3. The number of amides is 1. The van der Waals surface area contributed by atoms with Crippen molar-refractivity contribution in [3.63, 3.8) is 0 Å². The molecule has 8 nitrogen and oxygen atoms in total. The summed E-state index contributed by atoms with van der Waals surface area (Å²) in [5.74, 6) is 1.01. The lowest BCUT2D eigenvalue weighted by atomic mass is 9.45. The number of nitrogens with zero attached hydrogens (tertiary/aromatic N) is 3. The van der Waals surface area contributed by atoms with Gasteiger partial charge in [0.15, 0.2) is 0 Å². The molecule has 160 valence electrons. The molecule has 30 heavy (non-hydrogen) atoms. The molecule has 3 N–H and O–H groups in total. The van der Waals surface area contributed by atoms with Gasteiger partial charge in [0.25, 0.3) is 0 Å². The number of carbonyl (C=O) groups is 1. The molecule has 4 atom stereocenters. The predicted molar refractivity (Wildman–Crippen MR) is 113 cm³/mol. The molecular weight excluding hydrogens is 382 g/mol. The summed E-state index contributed by atoms with van der Waals surface area (Å²) < 4.78 is 0.979. The van der Waals surface area contributed by atoms with Crippen LogP contribution in [0.2, 0.25) is 0 Å². The molecule has 3 aliphatic carbocycles. The van der Waals surface area contributed by atoms with E-state index in [4.69, 9.17) is 0 Å². The number of pyridine rings is 1. The Morgan fingerprint density at radius 3 is 2.70 bits per heavy atom. The topological polar surface area (TPSA) is 109 Å². The van der Waals surface area contributed by atoms with Crippen molar-refractivity contribution in [2.24, 2.45) is 23.2 Å². The minimum atomic E-state index is -0.673. The summed E-state index contributed by atoms with van der Waals surface area (Å²) in [4.78, 5) is 28.6. The van der Waals surface area contributed by atoms with Crippen molar-refractivity contribution < 1.29 is 9.90 Å². The number of aromatic nitrogens is 3. The van der Waals surface area contributed by atoms with E-state index in [0.29, 0.717) is 35.4 Å². The van der Waals surface area contributed by atoms with Crippen LogP contribution in [0.3, 0.4) is 0 Å². The zero-order chi connectivity index (χ0) is 21.5. The summed E-state index contributed by atoms with van der Waals surface area (Å²) in [6.07, 6.45) is 7.01. The normalized spacial score (nSPS) is 26.5. The second kappa shape index (κ2) is 7.74. The molecule has 0 saturated heterocycles. The fraction of sp³-hybridized carbons (Fsp3) is 0.545. The molecule has 1 amide bonds. The van der Waals surface area contributed by atoms with Crippen LogP contribution < -0.4 is 16.2 Å². The Hall–Kier alpha value is -2.90. The molecule has 3 aliphatic rings. The number of carbonyl (C=O) groups excluding carboxylic acids is 1. The molecule has 0 aromatic carbocycles. The van der Waals surface area contributed by atoms with E-state index >= 15 is 0 Å². The number of fused-ring (bicyclic) bond motifs is 2. The lowest BCUT2D eigenvalue weighted by Crippen LogP contribution is -2.58. The minimum Gasteiger partial charge on any atom is -0.502 e. The molecule has 2 bridgehead atoms. The van der Waals surface area contributed by atoms with E-state index in [0.717, 1.165) is 16.7 Å². The van der Waals surface area contributed by atoms with Gasteiger partial charge in [-0.3, -0.25) is 14.6 Å². The summed E-state index contributed by atoms with van der Waals surface area (Å²) in [5, 5.41) is 20.6. The Bertz CT molecular complexity index is 988. The Morgan fingerprint density at radius 1 is 1.30 bits per heavy atom. The molecule has 0 spiro atoms. The van der Waals surface area contributed by atoms with Crippen molar-refractivity contribution in [1.82, 2.24) is 20.1 Å². The van der Waals surface area contributed by atoms with Crippen LogP contribution in [0.1, 0.15) is 39.2 Å². The van der Waals surface area contributed by atoms with Crippen LogP contribution in [-0.2, 0) is 17.9 Å². The van der Waals surface area contributed by atoms with E-state index in [1.54, 1.807) is 24.5 Å². The van der Waals surface area contributed by atoms with E-state index in [-0.39, 0.29) is 18.5 Å². The molecule has 0 radical (unpaired) electrons.